The van der Waals surface area contributed by atoms with Crippen molar-refractivity contribution < 1.29 is 4.79 Å². The van der Waals surface area contributed by atoms with E-state index in [9.17, 15) is 4.79 Å². The van der Waals surface area contributed by atoms with Gasteiger partial charge in [0.25, 0.3) is 0 Å². The molecule has 2 fully saturated rings. The van der Waals surface area contributed by atoms with Crippen LogP contribution in [0.25, 0.3) is 0 Å². The van der Waals surface area contributed by atoms with E-state index >= 15 is 0 Å². The van der Waals surface area contributed by atoms with Gasteiger partial charge in [0.15, 0.2) is 0 Å². The van der Waals surface area contributed by atoms with Crippen LogP contribution >= 0.6 is 0 Å². The standard InChI is InChI=1S/C21H28N4O/c1-16-6-8-17(9-7-16)14-24(18-10-11-18)15-21(26)23-20-12-13-22-25(20)19-4-2-3-5-19/h6-9,12-13,18-19H,2-5,10-11,14-15H2,1H3,(H,23,26). The summed E-state index contributed by atoms with van der Waals surface area (Å²) in [5.74, 6) is 0.900. The van der Waals surface area contributed by atoms with Crippen LogP contribution in [0.3, 0.4) is 0 Å². The molecule has 5 heteroatoms. The number of nitrogens with zero attached hydrogens (tertiary/aromatic N) is 3. The molecule has 1 aromatic carbocycles. The minimum absolute atomic E-state index is 0.0590. The molecule has 4 rings (SSSR count). The van der Waals surface area contributed by atoms with Crippen molar-refractivity contribution >= 4 is 11.7 Å². The highest BCUT2D eigenvalue weighted by atomic mass is 16.2. The van der Waals surface area contributed by atoms with E-state index in [1.54, 1.807) is 6.20 Å². The van der Waals surface area contributed by atoms with E-state index in [-0.39, 0.29) is 5.91 Å². The summed E-state index contributed by atoms with van der Waals surface area (Å²) in [5, 5.41) is 7.54. The maximum atomic E-state index is 12.7. The van der Waals surface area contributed by atoms with Crippen LogP contribution in [0, 0.1) is 6.92 Å². The minimum atomic E-state index is 0.0590. The van der Waals surface area contributed by atoms with E-state index in [0.717, 1.165) is 25.2 Å². The lowest BCUT2D eigenvalue weighted by Gasteiger charge is -2.22. The Morgan fingerprint density at radius 3 is 2.58 bits per heavy atom. The van der Waals surface area contributed by atoms with Gasteiger partial charge < -0.3 is 5.32 Å². The van der Waals surface area contributed by atoms with Gasteiger partial charge in [-0.2, -0.15) is 5.10 Å². The second-order valence-electron chi connectivity index (χ2n) is 7.77. The zero-order valence-electron chi connectivity index (χ0n) is 15.5. The molecular formula is C21H28N4O. The molecule has 0 bridgehead atoms. The van der Waals surface area contributed by atoms with Crippen LogP contribution in [0.4, 0.5) is 5.82 Å². The zero-order valence-corrected chi connectivity index (χ0v) is 15.5. The van der Waals surface area contributed by atoms with Crippen molar-refractivity contribution in [2.75, 3.05) is 11.9 Å². The van der Waals surface area contributed by atoms with E-state index < -0.39 is 0 Å². The van der Waals surface area contributed by atoms with Crippen molar-refractivity contribution in [3.05, 3.63) is 47.7 Å². The Balaban J connectivity index is 1.38. The van der Waals surface area contributed by atoms with E-state index in [4.69, 9.17) is 0 Å². The van der Waals surface area contributed by atoms with E-state index in [1.807, 2.05) is 10.7 Å². The normalized spacial score (nSPS) is 17.8. The summed E-state index contributed by atoms with van der Waals surface area (Å²) in [6.07, 6.45) is 9.00. The molecule has 0 aliphatic heterocycles. The maximum absolute atomic E-state index is 12.7. The quantitative estimate of drug-likeness (QED) is 0.822. The number of nitrogens with one attached hydrogen (secondary N) is 1. The van der Waals surface area contributed by atoms with Gasteiger partial charge in [-0.15, -0.1) is 0 Å². The smallest absolute Gasteiger partial charge is 0.239 e. The first-order valence-electron chi connectivity index (χ1n) is 9.82. The third-order valence-electron chi connectivity index (χ3n) is 5.52. The highest BCUT2D eigenvalue weighted by Gasteiger charge is 2.30. The van der Waals surface area contributed by atoms with Crippen molar-refractivity contribution in [1.29, 1.82) is 0 Å². The summed E-state index contributed by atoms with van der Waals surface area (Å²) in [6, 6.07) is 11.5. The van der Waals surface area contributed by atoms with Gasteiger partial charge in [-0.1, -0.05) is 42.7 Å². The van der Waals surface area contributed by atoms with Gasteiger partial charge in [-0.05, 0) is 38.2 Å². The molecule has 2 saturated carbocycles. The fraction of sp³-hybridized carbons (Fsp3) is 0.524. The molecule has 0 spiro atoms. The number of carbonyl (C=O) groups is 1. The van der Waals surface area contributed by atoms with Gasteiger partial charge in [0.2, 0.25) is 5.91 Å². The molecule has 1 N–H and O–H groups in total. The van der Waals surface area contributed by atoms with Crippen molar-refractivity contribution in [1.82, 2.24) is 14.7 Å². The fourth-order valence-electron chi connectivity index (χ4n) is 3.90. The lowest BCUT2D eigenvalue weighted by Crippen LogP contribution is -2.35. The van der Waals surface area contributed by atoms with Gasteiger partial charge in [0.1, 0.15) is 5.82 Å². The van der Waals surface area contributed by atoms with Gasteiger partial charge in [-0.3, -0.25) is 9.69 Å². The SMILES string of the molecule is Cc1ccc(CN(CC(=O)Nc2ccnn2C2CCCC2)C2CC2)cc1. The predicted molar refractivity (Wildman–Crippen MR) is 103 cm³/mol. The molecule has 2 aromatic rings. The second-order valence-corrected chi connectivity index (χ2v) is 7.77. The Hall–Kier alpha value is -2.14. The van der Waals surface area contributed by atoms with Gasteiger partial charge in [0.05, 0.1) is 18.8 Å². The Bertz CT molecular complexity index is 742. The Labute approximate surface area is 155 Å². The number of aromatic nitrogens is 2. The monoisotopic (exact) mass is 352 g/mol. The summed E-state index contributed by atoms with van der Waals surface area (Å²) in [7, 11) is 0. The highest BCUT2D eigenvalue weighted by molar-refractivity contribution is 5.91. The number of rotatable bonds is 7. The lowest BCUT2D eigenvalue weighted by molar-refractivity contribution is -0.117. The first-order chi connectivity index (χ1) is 12.7. The third kappa shape index (κ3) is 4.15. The van der Waals surface area contributed by atoms with E-state index in [2.05, 4.69) is 46.5 Å². The van der Waals surface area contributed by atoms with Crippen molar-refractivity contribution in [2.45, 2.75) is 64.1 Å². The number of aryl methyl sites for hydroxylation is 1. The molecule has 2 aliphatic rings. The van der Waals surface area contributed by atoms with E-state index in [1.165, 1.54) is 36.8 Å². The van der Waals surface area contributed by atoms with Crippen LogP contribution in [0.2, 0.25) is 0 Å². The lowest BCUT2D eigenvalue weighted by atomic mass is 10.1. The third-order valence-corrected chi connectivity index (χ3v) is 5.52. The predicted octanol–water partition coefficient (Wildman–Crippen LogP) is 3.91. The van der Waals surface area contributed by atoms with Crippen LogP contribution < -0.4 is 5.32 Å². The maximum Gasteiger partial charge on any atom is 0.239 e. The van der Waals surface area contributed by atoms with Crippen LogP contribution in [0.15, 0.2) is 36.5 Å². The number of carbonyl (C=O) groups excluding carboxylic acids is 1. The number of hydrogen-bond acceptors (Lipinski definition) is 3. The summed E-state index contributed by atoms with van der Waals surface area (Å²) in [4.78, 5) is 15.0. The molecule has 1 heterocycles. The number of amides is 1. The molecule has 26 heavy (non-hydrogen) atoms. The van der Waals surface area contributed by atoms with Crippen molar-refractivity contribution in [3.63, 3.8) is 0 Å². The second kappa shape index (κ2) is 7.62. The molecule has 1 amide bonds. The van der Waals surface area contributed by atoms with Crippen LogP contribution in [-0.4, -0.2) is 33.2 Å². The highest BCUT2D eigenvalue weighted by Crippen LogP contribution is 2.31. The van der Waals surface area contributed by atoms with Gasteiger partial charge >= 0.3 is 0 Å². The Kier molecular flexibility index (Phi) is 5.07. The Morgan fingerprint density at radius 1 is 1.15 bits per heavy atom. The first-order valence-corrected chi connectivity index (χ1v) is 9.82. The largest absolute Gasteiger partial charge is 0.310 e. The summed E-state index contributed by atoms with van der Waals surface area (Å²) >= 11 is 0. The molecule has 0 atom stereocenters. The van der Waals surface area contributed by atoms with Gasteiger partial charge in [-0.25, -0.2) is 4.68 Å². The average molecular weight is 352 g/mol. The fourth-order valence-corrected chi connectivity index (χ4v) is 3.90. The molecule has 0 unspecified atom stereocenters. The topological polar surface area (TPSA) is 50.2 Å². The number of hydrogen-bond donors (Lipinski definition) is 1. The molecule has 1 aromatic heterocycles. The Morgan fingerprint density at radius 2 is 1.88 bits per heavy atom. The van der Waals surface area contributed by atoms with Crippen LogP contribution in [-0.2, 0) is 11.3 Å². The minimum Gasteiger partial charge on any atom is -0.310 e. The van der Waals surface area contributed by atoms with Gasteiger partial charge in [0, 0.05) is 18.7 Å². The van der Waals surface area contributed by atoms with E-state index in [0.29, 0.717) is 18.6 Å². The van der Waals surface area contributed by atoms with Crippen molar-refractivity contribution in [2.24, 2.45) is 0 Å². The molecule has 0 saturated heterocycles. The van der Waals surface area contributed by atoms with Crippen molar-refractivity contribution in [3.8, 4) is 0 Å². The molecule has 138 valence electrons. The summed E-state index contributed by atoms with van der Waals surface area (Å²) in [5.41, 5.74) is 2.54. The average Bonchev–Trinajstić information content (AvgIpc) is 3.13. The molecule has 0 radical (unpaired) electrons. The number of anilines is 1. The summed E-state index contributed by atoms with van der Waals surface area (Å²) in [6.45, 7) is 3.37. The number of benzene rings is 1. The zero-order chi connectivity index (χ0) is 17.9. The first kappa shape index (κ1) is 17.3. The molecular weight excluding hydrogens is 324 g/mol. The summed E-state index contributed by atoms with van der Waals surface area (Å²) < 4.78 is 2.01. The van der Waals surface area contributed by atoms with Crippen LogP contribution in [0.5, 0.6) is 0 Å². The van der Waals surface area contributed by atoms with Crippen LogP contribution in [0.1, 0.15) is 55.7 Å². The molecule has 2 aliphatic carbocycles. The molecule has 5 nitrogen and oxygen atoms in total.